The molecule has 4 nitrogen and oxygen atoms in total. The minimum Gasteiger partial charge on any atom is -0.487 e. The van der Waals surface area contributed by atoms with Gasteiger partial charge in [0, 0.05) is 4.47 Å². The third-order valence-electron chi connectivity index (χ3n) is 5.64. The largest absolute Gasteiger partial charge is 0.487 e. The van der Waals surface area contributed by atoms with Crippen LogP contribution in [0.1, 0.15) is 16.7 Å². The highest BCUT2D eigenvalue weighted by molar-refractivity contribution is 9.11. The maximum absolute atomic E-state index is 12.9. The van der Waals surface area contributed by atoms with Gasteiger partial charge in [0.15, 0.2) is 0 Å². The lowest BCUT2D eigenvalue weighted by atomic mass is 10.1. The van der Waals surface area contributed by atoms with Gasteiger partial charge in [-0.3, -0.25) is 14.5 Å². The number of carbonyl (C=O) groups is 2. The molecule has 1 aliphatic rings. The first-order valence-electron chi connectivity index (χ1n) is 11.0. The van der Waals surface area contributed by atoms with Crippen LogP contribution in [0.4, 0.5) is 4.79 Å². The van der Waals surface area contributed by atoms with E-state index in [0.717, 1.165) is 41.9 Å². The van der Waals surface area contributed by atoms with E-state index in [9.17, 15) is 9.59 Å². The molecular formula is C28H18Br3NO3S. The normalized spacial score (nSPS) is 14.8. The van der Waals surface area contributed by atoms with Crippen molar-refractivity contribution >= 4 is 87.5 Å². The van der Waals surface area contributed by atoms with Gasteiger partial charge in [0.1, 0.15) is 12.4 Å². The molecule has 4 aromatic carbocycles. The molecule has 8 heteroatoms. The van der Waals surface area contributed by atoms with Gasteiger partial charge in [-0.25, -0.2) is 0 Å². The summed E-state index contributed by atoms with van der Waals surface area (Å²) >= 11 is 11.5. The van der Waals surface area contributed by atoms with Crippen LogP contribution in [0.5, 0.6) is 5.75 Å². The maximum Gasteiger partial charge on any atom is 0.293 e. The van der Waals surface area contributed by atoms with E-state index >= 15 is 0 Å². The lowest BCUT2D eigenvalue weighted by Gasteiger charge is -2.13. The van der Waals surface area contributed by atoms with Crippen molar-refractivity contribution in [1.82, 2.24) is 4.90 Å². The van der Waals surface area contributed by atoms with E-state index in [-0.39, 0.29) is 17.7 Å². The van der Waals surface area contributed by atoms with Gasteiger partial charge in [0.05, 0.1) is 20.4 Å². The highest BCUT2D eigenvalue weighted by atomic mass is 79.9. The number of hydrogen-bond acceptors (Lipinski definition) is 4. The van der Waals surface area contributed by atoms with E-state index in [1.165, 1.54) is 15.7 Å². The molecule has 0 aromatic heterocycles. The average molecular weight is 688 g/mol. The predicted molar refractivity (Wildman–Crippen MR) is 156 cm³/mol. The number of amides is 2. The third kappa shape index (κ3) is 5.62. The first-order chi connectivity index (χ1) is 17.4. The molecule has 0 bridgehead atoms. The highest BCUT2D eigenvalue weighted by Gasteiger charge is 2.35. The van der Waals surface area contributed by atoms with Gasteiger partial charge in [0.25, 0.3) is 11.1 Å². The third-order valence-corrected chi connectivity index (χ3v) is 8.26. The Labute approximate surface area is 238 Å². The lowest BCUT2D eigenvalue weighted by Crippen LogP contribution is -2.27. The summed E-state index contributed by atoms with van der Waals surface area (Å²) in [4.78, 5) is 27.1. The first kappa shape index (κ1) is 25.3. The van der Waals surface area contributed by atoms with Gasteiger partial charge < -0.3 is 4.74 Å². The molecule has 2 amide bonds. The van der Waals surface area contributed by atoms with Crippen molar-refractivity contribution in [2.45, 2.75) is 13.2 Å². The lowest BCUT2D eigenvalue weighted by molar-refractivity contribution is -0.123. The summed E-state index contributed by atoms with van der Waals surface area (Å²) in [5.41, 5.74) is 2.73. The van der Waals surface area contributed by atoms with E-state index in [1.54, 1.807) is 6.08 Å². The zero-order valence-corrected chi connectivity index (χ0v) is 24.3. The van der Waals surface area contributed by atoms with Crippen molar-refractivity contribution < 1.29 is 14.3 Å². The van der Waals surface area contributed by atoms with Crippen LogP contribution in [0, 0.1) is 0 Å². The van der Waals surface area contributed by atoms with Gasteiger partial charge in [-0.1, -0.05) is 64.5 Å². The molecule has 0 unspecified atom stereocenters. The van der Waals surface area contributed by atoms with Gasteiger partial charge in [-0.05, 0) is 107 Å². The molecule has 1 heterocycles. The van der Waals surface area contributed by atoms with Crippen LogP contribution < -0.4 is 4.74 Å². The van der Waals surface area contributed by atoms with Crippen molar-refractivity contribution in [2.24, 2.45) is 0 Å². The van der Waals surface area contributed by atoms with Gasteiger partial charge in [-0.15, -0.1) is 0 Å². The van der Waals surface area contributed by atoms with Crippen LogP contribution in [-0.2, 0) is 17.9 Å². The maximum atomic E-state index is 12.9. The van der Waals surface area contributed by atoms with Crippen molar-refractivity contribution in [1.29, 1.82) is 0 Å². The van der Waals surface area contributed by atoms with Crippen LogP contribution in [0.15, 0.2) is 97.2 Å². The molecule has 180 valence electrons. The molecule has 5 rings (SSSR count). The number of carbonyl (C=O) groups excluding carboxylic acids is 2. The fourth-order valence-electron chi connectivity index (χ4n) is 3.84. The Balaban J connectivity index is 1.31. The van der Waals surface area contributed by atoms with E-state index in [2.05, 4.69) is 78.1 Å². The molecule has 1 saturated heterocycles. The quantitative estimate of drug-likeness (QED) is 0.190. The zero-order valence-electron chi connectivity index (χ0n) is 18.7. The summed E-state index contributed by atoms with van der Waals surface area (Å²) in [5.74, 6) is 0.375. The molecule has 0 spiro atoms. The summed E-state index contributed by atoms with van der Waals surface area (Å²) in [5, 5.41) is 2.08. The second-order valence-electron chi connectivity index (χ2n) is 8.18. The number of rotatable bonds is 6. The molecule has 0 aliphatic carbocycles. The van der Waals surface area contributed by atoms with E-state index < -0.39 is 0 Å². The Hall–Kier alpha value is -2.39. The molecule has 1 fully saturated rings. The fraction of sp³-hybridized carbons (Fsp3) is 0.0714. The van der Waals surface area contributed by atoms with Crippen LogP contribution in [0.2, 0.25) is 0 Å². The summed E-state index contributed by atoms with van der Waals surface area (Å²) in [6, 6.07) is 25.8. The molecular weight excluding hydrogens is 670 g/mol. The number of benzene rings is 4. The van der Waals surface area contributed by atoms with Crippen LogP contribution in [0.25, 0.3) is 16.8 Å². The Morgan fingerprint density at radius 1 is 0.806 bits per heavy atom. The Bertz CT molecular complexity index is 1500. The van der Waals surface area contributed by atoms with Gasteiger partial charge in [0.2, 0.25) is 0 Å². The molecule has 0 N–H and O–H groups in total. The highest BCUT2D eigenvalue weighted by Crippen LogP contribution is 2.38. The molecule has 0 saturated carbocycles. The van der Waals surface area contributed by atoms with E-state index in [1.807, 2.05) is 48.5 Å². The first-order valence-corrected chi connectivity index (χ1v) is 14.2. The summed E-state index contributed by atoms with van der Waals surface area (Å²) in [6.45, 7) is 0.653. The van der Waals surface area contributed by atoms with Crippen molar-refractivity contribution in [2.75, 3.05) is 0 Å². The summed E-state index contributed by atoms with van der Waals surface area (Å²) in [6.07, 6.45) is 1.73. The van der Waals surface area contributed by atoms with Crippen molar-refractivity contribution in [3.63, 3.8) is 0 Å². The van der Waals surface area contributed by atoms with Crippen LogP contribution in [-0.4, -0.2) is 16.0 Å². The number of imide groups is 1. The second kappa shape index (κ2) is 10.9. The number of ether oxygens (including phenoxy) is 1. The topological polar surface area (TPSA) is 46.6 Å². The Kier molecular flexibility index (Phi) is 7.67. The minimum atomic E-state index is -0.295. The Morgan fingerprint density at radius 3 is 2.19 bits per heavy atom. The monoisotopic (exact) mass is 685 g/mol. The average Bonchev–Trinajstić information content (AvgIpc) is 3.12. The molecule has 1 aliphatic heterocycles. The number of nitrogens with zero attached hydrogens (tertiary/aromatic N) is 1. The predicted octanol–water partition coefficient (Wildman–Crippen LogP) is 8.94. The van der Waals surface area contributed by atoms with Crippen molar-refractivity contribution in [3.8, 4) is 5.75 Å². The zero-order chi connectivity index (χ0) is 25.2. The molecule has 0 atom stereocenters. The second-order valence-corrected chi connectivity index (χ2v) is 11.8. The standard InChI is InChI=1S/C28H18Br3NO3S/c29-22-9-6-17(7-10-22)15-32-27(33)25(36-28(32)34)14-19-12-23(30)26(24(31)13-19)35-16-18-5-8-20-3-1-2-4-21(20)11-18/h1-14H,15-16H2/b25-14-. The van der Waals surface area contributed by atoms with Crippen molar-refractivity contribution in [3.05, 3.63) is 114 Å². The minimum absolute atomic E-state index is 0.240. The van der Waals surface area contributed by atoms with Crippen LogP contribution >= 0.6 is 59.6 Å². The number of thioether (sulfide) groups is 1. The molecule has 0 radical (unpaired) electrons. The molecule has 36 heavy (non-hydrogen) atoms. The Morgan fingerprint density at radius 2 is 1.47 bits per heavy atom. The van der Waals surface area contributed by atoms with Crippen LogP contribution in [0.3, 0.4) is 0 Å². The summed E-state index contributed by atoms with van der Waals surface area (Å²) in [7, 11) is 0. The SMILES string of the molecule is O=C1S/C(=C\c2cc(Br)c(OCc3ccc4ccccc4c3)c(Br)c2)C(=O)N1Cc1ccc(Br)cc1. The number of hydrogen-bond donors (Lipinski definition) is 0. The number of halogens is 3. The van der Waals surface area contributed by atoms with E-state index in [0.29, 0.717) is 17.3 Å². The number of fused-ring (bicyclic) bond motifs is 1. The fourth-order valence-corrected chi connectivity index (χ4v) is 6.40. The smallest absolute Gasteiger partial charge is 0.293 e. The molecule has 4 aromatic rings. The van der Waals surface area contributed by atoms with Gasteiger partial charge >= 0.3 is 0 Å². The summed E-state index contributed by atoms with van der Waals surface area (Å²) < 4.78 is 8.55. The van der Waals surface area contributed by atoms with E-state index in [4.69, 9.17) is 4.74 Å². The van der Waals surface area contributed by atoms with Gasteiger partial charge in [-0.2, -0.15) is 0 Å².